The van der Waals surface area contributed by atoms with Crippen molar-refractivity contribution in [2.45, 2.75) is 116 Å². The molecule has 0 saturated heterocycles. The largest absolute Gasteiger partial charge is 0.396 e. The molecule has 1 saturated carbocycles. The number of hydrogen-bond donors (Lipinski definition) is 4. The summed E-state index contributed by atoms with van der Waals surface area (Å²) in [7, 11) is 0. The van der Waals surface area contributed by atoms with Gasteiger partial charge >= 0.3 is 0 Å². The van der Waals surface area contributed by atoms with E-state index in [1.54, 1.807) is 0 Å². The minimum absolute atomic E-state index is 0.0391. The van der Waals surface area contributed by atoms with Crippen molar-refractivity contribution in [3.8, 4) is 0 Å². The van der Waals surface area contributed by atoms with Crippen LogP contribution in [0.4, 0.5) is 0 Å². The third-order valence-electron chi connectivity index (χ3n) is 9.17. The van der Waals surface area contributed by atoms with E-state index in [0.29, 0.717) is 42.6 Å². The summed E-state index contributed by atoms with van der Waals surface area (Å²) in [6.07, 6.45) is 13.4. The summed E-state index contributed by atoms with van der Waals surface area (Å²) in [4.78, 5) is 0. The van der Waals surface area contributed by atoms with Crippen molar-refractivity contribution in [2.75, 3.05) is 13.2 Å². The summed E-state index contributed by atoms with van der Waals surface area (Å²) >= 11 is 0. The van der Waals surface area contributed by atoms with Crippen molar-refractivity contribution >= 4 is 0 Å². The van der Waals surface area contributed by atoms with Gasteiger partial charge in [-0.3, -0.25) is 0 Å². The SMILES string of the molecule is CC1=C(/C=C/C2=CCC[C@@]3(C)C2CC[C@@H]3[C@H](C)CCCC(C)(C)O)C[C@@H](O)[C@@H](OCCCO)[C@@H]1O. The molecule has 3 aliphatic carbocycles. The average molecular weight is 491 g/mol. The van der Waals surface area contributed by atoms with Crippen molar-refractivity contribution in [3.05, 3.63) is 34.9 Å². The average Bonchev–Trinajstić information content (AvgIpc) is 3.14. The van der Waals surface area contributed by atoms with Crippen LogP contribution in [0.3, 0.4) is 0 Å². The highest BCUT2D eigenvalue weighted by molar-refractivity contribution is 5.38. The zero-order valence-electron chi connectivity index (χ0n) is 22.7. The lowest BCUT2D eigenvalue weighted by Crippen LogP contribution is -2.44. The first-order chi connectivity index (χ1) is 16.5. The van der Waals surface area contributed by atoms with E-state index in [-0.39, 0.29) is 6.61 Å². The Kier molecular flexibility index (Phi) is 9.84. The number of allylic oxidation sites excluding steroid dienone is 4. The Bertz CT molecular complexity index is 791. The Hall–Kier alpha value is -0.980. The quantitative estimate of drug-likeness (QED) is 0.303. The molecule has 0 radical (unpaired) electrons. The van der Waals surface area contributed by atoms with E-state index in [2.05, 4.69) is 32.1 Å². The molecule has 200 valence electrons. The van der Waals surface area contributed by atoms with Gasteiger partial charge in [0.15, 0.2) is 0 Å². The number of hydrogen-bond acceptors (Lipinski definition) is 5. The van der Waals surface area contributed by atoms with Gasteiger partial charge in [-0.15, -0.1) is 0 Å². The van der Waals surface area contributed by atoms with Crippen LogP contribution < -0.4 is 0 Å². The van der Waals surface area contributed by atoms with Gasteiger partial charge in [-0.05, 0) is 99.2 Å². The molecule has 0 spiro atoms. The fraction of sp³-hybridized carbons (Fsp3) is 0.800. The van der Waals surface area contributed by atoms with E-state index in [0.717, 1.165) is 30.4 Å². The second-order valence-electron chi connectivity index (χ2n) is 12.3. The topological polar surface area (TPSA) is 90.2 Å². The van der Waals surface area contributed by atoms with Crippen molar-refractivity contribution in [1.29, 1.82) is 0 Å². The highest BCUT2D eigenvalue weighted by atomic mass is 16.5. The van der Waals surface area contributed by atoms with Crippen LogP contribution in [0.2, 0.25) is 0 Å². The Morgan fingerprint density at radius 3 is 2.63 bits per heavy atom. The van der Waals surface area contributed by atoms with E-state index in [1.165, 1.54) is 31.3 Å². The Labute approximate surface area is 213 Å². The first-order valence-electron chi connectivity index (χ1n) is 13.9. The first kappa shape index (κ1) is 28.6. The van der Waals surface area contributed by atoms with Gasteiger partial charge in [0, 0.05) is 19.6 Å². The van der Waals surface area contributed by atoms with Gasteiger partial charge in [-0.2, -0.15) is 0 Å². The van der Waals surface area contributed by atoms with Gasteiger partial charge in [-0.25, -0.2) is 0 Å². The number of fused-ring (bicyclic) bond motifs is 1. The Balaban J connectivity index is 1.66. The predicted molar refractivity (Wildman–Crippen MR) is 141 cm³/mol. The fourth-order valence-electron chi connectivity index (χ4n) is 7.07. The number of aliphatic hydroxyl groups is 4. The van der Waals surface area contributed by atoms with E-state index < -0.39 is 23.9 Å². The van der Waals surface area contributed by atoms with Crippen molar-refractivity contribution in [3.63, 3.8) is 0 Å². The summed E-state index contributed by atoms with van der Waals surface area (Å²) in [5.74, 6) is 1.93. The molecule has 5 heteroatoms. The Morgan fingerprint density at radius 2 is 1.94 bits per heavy atom. The van der Waals surface area contributed by atoms with Crippen LogP contribution in [0.1, 0.15) is 92.4 Å². The van der Waals surface area contributed by atoms with Gasteiger partial charge < -0.3 is 25.2 Å². The molecule has 0 aromatic carbocycles. The molecule has 1 unspecified atom stereocenters. The molecule has 0 aromatic heterocycles. The third kappa shape index (κ3) is 6.87. The summed E-state index contributed by atoms with van der Waals surface area (Å²) < 4.78 is 5.67. The molecular weight excluding hydrogens is 440 g/mol. The molecule has 35 heavy (non-hydrogen) atoms. The molecular formula is C30H50O5. The number of ether oxygens (including phenoxy) is 1. The highest BCUT2D eigenvalue weighted by Gasteiger charge is 2.49. The van der Waals surface area contributed by atoms with Crippen LogP contribution in [0.25, 0.3) is 0 Å². The van der Waals surface area contributed by atoms with Crippen molar-refractivity contribution < 1.29 is 25.2 Å². The molecule has 0 amide bonds. The minimum atomic E-state index is -0.830. The van der Waals surface area contributed by atoms with Crippen LogP contribution in [0.5, 0.6) is 0 Å². The molecule has 3 rings (SSSR count). The van der Waals surface area contributed by atoms with E-state index >= 15 is 0 Å². The molecule has 3 aliphatic rings. The van der Waals surface area contributed by atoms with Gasteiger partial charge in [0.25, 0.3) is 0 Å². The lowest BCUT2D eigenvalue weighted by atomic mass is 9.62. The molecule has 0 heterocycles. The lowest BCUT2D eigenvalue weighted by Gasteiger charge is -2.43. The maximum absolute atomic E-state index is 10.8. The molecule has 7 atom stereocenters. The summed E-state index contributed by atoms with van der Waals surface area (Å²) in [5, 5.41) is 40.4. The van der Waals surface area contributed by atoms with E-state index in [9.17, 15) is 15.3 Å². The Morgan fingerprint density at radius 1 is 1.20 bits per heavy atom. The number of rotatable bonds is 11. The molecule has 4 N–H and O–H groups in total. The molecule has 5 nitrogen and oxygen atoms in total. The molecule has 0 aromatic rings. The number of aliphatic hydroxyl groups excluding tert-OH is 3. The third-order valence-corrected chi connectivity index (χ3v) is 9.17. The minimum Gasteiger partial charge on any atom is -0.396 e. The second-order valence-corrected chi connectivity index (χ2v) is 12.3. The predicted octanol–water partition coefficient (Wildman–Crippen LogP) is 5.08. The van der Waals surface area contributed by atoms with Crippen LogP contribution in [0, 0.1) is 23.2 Å². The van der Waals surface area contributed by atoms with Crippen LogP contribution in [-0.2, 0) is 4.74 Å². The van der Waals surface area contributed by atoms with E-state index in [4.69, 9.17) is 9.84 Å². The molecule has 1 fully saturated rings. The summed E-state index contributed by atoms with van der Waals surface area (Å²) in [6, 6.07) is 0. The van der Waals surface area contributed by atoms with Crippen molar-refractivity contribution in [1.82, 2.24) is 0 Å². The zero-order chi connectivity index (χ0) is 25.8. The fourth-order valence-corrected chi connectivity index (χ4v) is 7.07. The molecule has 0 bridgehead atoms. The standard InChI is InChI=1S/C30H50O5/c1-20(9-6-15-29(3,4)34)24-13-14-25-22(10-7-16-30(24,25)5)11-12-23-19-26(32)28(27(33)21(23)2)35-18-8-17-31/h10-12,20,24-28,31-34H,6-9,13-19H2,1-5H3/b12-11+/t20-,24-,25?,26-,27-,28-,30-/m1/s1. The monoisotopic (exact) mass is 490 g/mol. The van der Waals surface area contributed by atoms with Crippen LogP contribution in [-0.4, -0.2) is 57.6 Å². The highest BCUT2D eigenvalue weighted by Crippen LogP contribution is 2.58. The lowest BCUT2D eigenvalue weighted by molar-refractivity contribution is -0.0958. The second kappa shape index (κ2) is 12.0. The van der Waals surface area contributed by atoms with Gasteiger partial charge in [-0.1, -0.05) is 44.9 Å². The first-order valence-corrected chi connectivity index (χ1v) is 13.9. The van der Waals surface area contributed by atoms with Gasteiger partial charge in [0.2, 0.25) is 0 Å². The smallest absolute Gasteiger partial charge is 0.113 e. The van der Waals surface area contributed by atoms with Crippen molar-refractivity contribution in [2.24, 2.45) is 23.2 Å². The van der Waals surface area contributed by atoms with Gasteiger partial charge in [0.05, 0.1) is 11.7 Å². The zero-order valence-corrected chi connectivity index (χ0v) is 22.7. The maximum Gasteiger partial charge on any atom is 0.113 e. The maximum atomic E-state index is 10.8. The van der Waals surface area contributed by atoms with Crippen LogP contribution in [0.15, 0.2) is 34.9 Å². The van der Waals surface area contributed by atoms with Gasteiger partial charge in [0.1, 0.15) is 12.2 Å². The normalized spacial score (nSPS) is 34.9. The summed E-state index contributed by atoms with van der Waals surface area (Å²) in [6.45, 7) is 11.0. The molecule has 0 aliphatic heterocycles. The summed E-state index contributed by atoms with van der Waals surface area (Å²) in [5.41, 5.74) is 3.00. The van der Waals surface area contributed by atoms with Crippen LogP contribution >= 0.6 is 0 Å². The van der Waals surface area contributed by atoms with E-state index in [1.807, 2.05) is 20.8 Å².